The van der Waals surface area contributed by atoms with Crippen molar-refractivity contribution < 1.29 is 4.79 Å². The van der Waals surface area contributed by atoms with E-state index in [1.165, 1.54) is 0 Å². The number of rotatable bonds is 3. The molecule has 1 aromatic carbocycles. The van der Waals surface area contributed by atoms with Gasteiger partial charge in [0.2, 0.25) is 0 Å². The van der Waals surface area contributed by atoms with Crippen LogP contribution in [0.3, 0.4) is 0 Å². The van der Waals surface area contributed by atoms with Gasteiger partial charge in [-0.05, 0) is 39.8 Å². The summed E-state index contributed by atoms with van der Waals surface area (Å²) < 4.78 is 0. The molecular formula is C13H20Cl3NO. The van der Waals surface area contributed by atoms with Crippen molar-refractivity contribution in [1.82, 2.24) is 5.32 Å². The standard InChI is InChI=1S/C13H18ClNO.2ClH/c1-9(15-13(2,3)4)12(16)10-6-5-7-11(14)8-10;;/h5-9,15H,1-4H3;2*1H. The smallest absolute Gasteiger partial charge is 0.179 e. The van der Waals surface area contributed by atoms with Crippen molar-refractivity contribution in [1.29, 1.82) is 0 Å². The topological polar surface area (TPSA) is 29.1 Å². The van der Waals surface area contributed by atoms with Gasteiger partial charge in [0.1, 0.15) is 0 Å². The van der Waals surface area contributed by atoms with E-state index in [4.69, 9.17) is 11.6 Å². The largest absolute Gasteiger partial charge is 0.303 e. The van der Waals surface area contributed by atoms with Crippen molar-refractivity contribution >= 4 is 42.2 Å². The van der Waals surface area contributed by atoms with E-state index in [1.807, 2.05) is 27.7 Å². The zero-order valence-corrected chi connectivity index (χ0v) is 13.4. The molecule has 0 heterocycles. The molecule has 1 N–H and O–H groups in total. The second kappa shape index (κ2) is 8.00. The van der Waals surface area contributed by atoms with Gasteiger partial charge < -0.3 is 5.32 Å². The fourth-order valence-corrected chi connectivity index (χ4v) is 1.80. The highest BCUT2D eigenvalue weighted by molar-refractivity contribution is 6.31. The van der Waals surface area contributed by atoms with Crippen LogP contribution in [-0.2, 0) is 0 Å². The zero-order chi connectivity index (χ0) is 12.3. The van der Waals surface area contributed by atoms with Crippen molar-refractivity contribution in [3.63, 3.8) is 0 Å². The summed E-state index contributed by atoms with van der Waals surface area (Å²) in [6.07, 6.45) is 0. The lowest BCUT2D eigenvalue weighted by molar-refractivity contribution is 0.0936. The lowest BCUT2D eigenvalue weighted by Crippen LogP contribution is -2.46. The summed E-state index contributed by atoms with van der Waals surface area (Å²) in [5.41, 5.74) is 0.574. The molecule has 1 unspecified atom stereocenters. The molecule has 0 radical (unpaired) electrons. The molecule has 0 aliphatic carbocycles. The molecule has 0 amide bonds. The first-order chi connectivity index (χ1) is 7.29. The normalized spacial score (nSPS) is 12.1. The van der Waals surface area contributed by atoms with Gasteiger partial charge in [-0.15, -0.1) is 24.8 Å². The lowest BCUT2D eigenvalue weighted by atomic mass is 10.0. The molecule has 0 aliphatic rings. The van der Waals surface area contributed by atoms with Crippen molar-refractivity contribution in [2.75, 3.05) is 0 Å². The maximum atomic E-state index is 12.1. The predicted octanol–water partition coefficient (Wildman–Crippen LogP) is 4.14. The number of hydrogen-bond donors (Lipinski definition) is 1. The van der Waals surface area contributed by atoms with Crippen LogP contribution < -0.4 is 5.32 Å². The maximum Gasteiger partial charge on any atom is 0.179 e. The average Bonchev–Trinajstić information content (AvgIpc) is 2.14. The van der Waals surface area contributed by atoms with E-state index < -0.39 is 0 Å². The summed E-state index contributed by atoms with van der Waals surface area (Å²) >= 11 is 5.85. The van der Waals surface area contributed by atoms with Crippen LogP contribution in [-0.4, -0.2) is 17.4 Å². The fraction of sp³-hybridized carbons (Fsp3) is 0.462. The van der Waals surface area contributed by atoms with Gasteiger partial charge in [0.15, 0.2) is 5.78 Å². The zero-order valence-electron chi connectivity index (χ0n) is 11.0. The van der Waals surface area contributed by atoms with Gasteiger partial charge in [0.05, 0.1) is 6.04 Å². The highest BCUT2D eigenvalue weighted by atomic mass is 35.5. The van der Waals surface area contributed by atoms with E-state index >= 15 is 0 Å². The van der Waals surface area contributed by atoms with Crippen molar-refractivity contribution in [2.45, 2.75) is 39.3 Å². The number of hydrogen-bond acceptors (Lipinski definition) is 2. The quantitative estimate of drug-likeness (QED) is 0.850. The Morgan fingerprint density at radius 3 is 2.28 bits per heavy atom. The van der Waals surface area contributed by atoms with Crippen LogP contribution in [0.2, 0.25) is 5.02 Å². The summed E-state index contributed by atoms with van der Waals surface area (Å²) in [7, 11) is 0. The van der Waals surface area contributed by atoms with Crippen LogP contribution in [0.15, 0.2) is 24.3 Å². The van der Waals surface area contributed by atoms with Gasteiger partial charge >= 0.3 is 0 Å². The molecule has 0 fully saturated rings. The molecule has 2 nitrogen and oxygen atoms in total. The number of nitrogens with one attached hydrogen (secondary N) is 1. The van der Waals surface area contributed by atoms with E-state index in [1.54, 1.807) is 24.3 Å². The van der Waals surface area contributed by atoms with Crippen LogP contribution >= 0.6 is 36.4 Å². The molecule has 1 atom stereocenters. The Balaban J connectivity index is 0. The van der Waals surface area contributed by atoms with Gasteiger partial charge in [0.25, 0.3) is 0 Å². The monoisotopic (exact) mass is 311 g/mol. The van der Waals surface area contributed by atoms with Crippen LogP contribution in [0.25, 0.3) is 0 Å². The van der Waals surface area contributed by atoms with Crippen LogP contribution in [0.4, 0.5) is 0 Å². The van der Waals surface area contributed by atoms with Gasteiger partial charge in [-0.25, -0.2) is 0 Å². The minimum absolute atomic E-state index is 0. The van der Waals surface area contributed by atoms with Crippen LogP contribution in [0.5, 0.6) is 0 Å². The Morgan fingerprint density at radius 1 is 1.28 bits per heavy atom. The molecule has 1 rings (SSSR count). The van der Waals surface area contributed by atoms with E-state index in [-0.39, 0.29) is 42.2 Å². The summed E-state index contributed by atoms with van der Waals surface area (Å²) in [5.74, 6) is 0.0671. The minimum Gasteiger partial charge on any atom is -0.303 e. The molecule has 0 bridgehead atoms. The molecule has 1 aromatic rings. The summed E-state index contributed by atoms with van der Waals surface area (Å²) in [6.45, 7) is 7.98. The maximum absolute atomic E-state index is 12.1. The third kappa shape index (κ3) is 6.60. The van der Waals surface area contributed by atoms with Crippen molar-refractivity contribution in [3.8, 4) is 0 Å². The molecule has 0 saturated carbocycles. The minimum atomic E-state index is -0.210. The molecule has 104 valence electrons. The lowest BCUT2D eigenvalue weighted by Gasteiger charge is -2.25. The van der Waals surface area contributed by atoms with E-state index in [2.05, 4.69) is 5.32 Å². The Kier molecular flexibility index (Phi) is 8.91. The number of carbonyl (C=O) groups excluding carboxylic acids is 1. The first-order valence-electron chi connectivity index (χ1n) is 5.37. The fourth-order valence-electron chi connectivity index (χ4n) is 1.61. The molecule has 0 spiro atoms. The number of halogens is 3. The Morgan fingerprint density at radius 2 is 1.83 bits per heavy atom. The molecular weight excluding hydrogens is 293 g/mol. The number of carbonyl (C=O) groups is 1. The van der Waals surface area contributed by atoms with Gasteiger partial charge in [-0.2, -0.15) is 0 Å². The highest BCUT2D eigenvalue weighted by Crippen LogP contribution is 2.13. The van der Waals surface area contributed by atoms with Crippen LogP contribution in [0, 0.1) is 0 Å². The van der Waals surface area contributed by atoms with E-state index in [0.29, 0.717) is 10.6 Å². The summed E-state index contributed by atoms with van der Waals surface area (Å²) in [6, 6.07) is 6.83. The SMILES string of the molecule is CC(NC(C)(C)C)C(=O)c1cccc(Cl)c1.Cl.Cl. The molecule has 18 heavy (non-hydrogen) atoms. The number of Topliss-reactive ketones (excluding diaryl/α,β-unsaturated/α-hetero) is 1. The first-order valence-corrected chi connectivity index (χ1v) is 5.75. The Labute approximate surface area is 126 Å². The van der Waals surface area contributed by atoms with E-state index in [0.717, 1.165) is 0 Å². The Hall–Kier alpha value is -0.280. The third-order valence-corrected chi connectivity index (χ3v) is 2.39. The second-order valence-electron chi connectivity index (χ2n) is 4.99. The molecule has 0 aromatic heterocycles. The van der Waals surface area contributed by atoms with Crippen molar-refractivity contribution in [3.05, 3.63) is 34.9 Å². The van der Waals surface area contributed by atoms with E-state index in [9.17, 15) is 4.79 Å². The second-order valence-corrected chi connectivity index (χ2v) is 5.43. The molecule has 5 heteroatoms. The van der Waals surface area contributed by atoms with Gasteiger partial charge in [-0.3, -0.25) is 4.79 Å². The van der Waals surface area contributed by atoms with Crippen molar-refractivity contribution in [2.24, 2.45) is 0 Å². The molecule has 0 aliphatic heterocycles. The first kappa shape index (κ1) is 20.0. The Bertz CT molecular complexity index is 388. The summed E-state index contributed by atoms with van der Waals surface area (Å²) in [5, 5.41) is 3.84. The highest BCUT2D eigenvalue weighted by Gasteiger charge is 2.20. The van der Waals surface area contributed by atoms with Gasteiger partial charge in [0, 0.05) is 16.1 Å². The van der Waals surface area contributed by atoms with Gasteiger partial charge in [-0.1, -0.05) is 23.7 Å². The number of benzene rings is 1. The average molecular weight is 313 g/mol. The predicted molar refractivity (Wildman–Crippen MR) is 82.6 cm³/mol. The summed E-state index contributed by atoms with van der Waals surface area (Å²) in [4.78, 5) is 12.1. The van der Waals surface area contributed by atoms with Crippen LogP contribution in [0.1, 0.15) is 38.1 Å². The molecule has 0 saturated heterocycles. The third-order valence-electron chi connectivity index (χ3n) is 2.15. The number of ketones is 1.